The van der Waals surface area contributed by atoms with Gasteiger partial charge in [0.25, 0.3) is 0 Å². The van der Waals surface area contributed by atoms with Crippen molar-refractivity contribution in [3.63, 3.8) is 0 Å². The molecule has 0 saturated carbocycles. The number of aromatic nitrogens is 4. The van der Waals surface area contributed by atoms with Crippen LogP contribution < -0.4 is 0 Å². The summed E-state index contributed by atoms with van der Waals surface area (Å²) in [5.74, 6) is 0.0622. The third-order valence-corrected chi connectivity index (χ3v) is 5.27. The third kappa shape index (κ3) is 3.00. The SMILES string of the molecule is CC(=O)C(Sc1nnc2c(n1)[nH]c1ccc(C)cc12)c1ccccc1. The number of rotatable bonds is 4. The van der Waals surface area contributed by atoms with Gasteiger partial charge in [0.2, 0.25) is 5.16 Å². The number of aromatic amines is 1. The highest BCUT2D eigenvalue weighted by Crippen LogP contribution is 2.34. The zero-order valence-corrected chi connectivity index (χ0v) is 14.7. The second-order valence-corrected chi connectivity index (χ2v) is 7.06. The molecule has 0 bridgehead atoms. The zero-order chi connectivity index (χ0) is 17.4. The molecule has 0 spiro atoms. The second kappa shape index (κ2) is 6.29. The predicted octanol–water partition coefficient (Wildman–Crippen LogP) is 4.24. The maximum absolute atomic E-state index is 12.1. The fraction of sp³-hybridized carbons (Fsp3) is 0.158. The average molecular weight is 348 g/mol. The molecule has 1 N–H and O–H groups in total. The van der Waals surface area contributed by atoms with Crippen LogP contribution in [-0.2, 0) is 4.79 Å². The minimum Gasteiger partial charge on any atom is -0.338 e. The minimum atomic E-state index is -0.341. The summed E-state index contributed by atoms with van der Waals surface area (Å²) in [6.45, 7) is 3.63. The van der Waals surface area contributed by atoms with Gasteiger partial charge in [-0.25, -0.2) is 4.98 Å². The number of benzene rings is 2. The molecule has 0 amide bonds. The topological polar surface area (TPSA) is 71.5 Å². The smallest absolute Gasteiger partial charge is 0.212 e. The molecule has 0 aliphatic heterocycles. The molecule has 0 fully saturated rings. The molecular weight excluding hydrogens is 332 g/mol. The van der Waals surface area contributed by atoms with Crippen LogP contribution in [0.4, 0.5) is 0 Å². The van der Waals surface area contributed by atoms with Gasteiger partial charge < -0.3 is 4.98 Å². The van der Waals surface area contributed by atoms with Crippen molar-refractivity contribution in [1.29, 1.82) is 0 Å². The monoisotopic (exact) mass is 348 g/mol. The number of H-pyrrole nitrogens is 1. The van der Waals surface area contributed by atoms with E-state index >= 15 is 0 Å². The summed E-state index contributed by atoms with van der Waals surface area (Å²) in [7, 11) is 0. The fourth-order valence-corrected chi connectivity index (χ4v) is 3.74. The molecule has 1 unspecified atom stereocenters. The summed E-state index contributed by atoms with van der Waals surface area (Å²) in [6.07, 6.45) is 0. The van der Waals surface area contributed by atoms with Crippen molar-refractivity contribution in [1.82, 2.24) is 20.2 Å². The van der Waals surface area contributed by atoms with Crippen molar-refractivity contribution in [2.75, 3.05) is 0 Å². The molecule has 0 aliphatic carbocycles. The van der Waals surface area contributed by atoms with Crippen LogP contribution in [0.3, 0.4) is 0 Å². The lowest BCUT2D eigenvalue weighted by molar-refractivity contribution is -0.116. The van der Waals surface area contributed by atoms with Gasteiger partial charge in [0.1, 0.15) is 11.3 Å². The molecule has 0 saturated heterocycles. The van der Waals surface area contributed by atoms with Crippen LogP contribution in [0.15, 0.2) is 53.7 Å². The van der Waals surface area contributed by atoms with Gasteiger partial charge in [-0.2, -0.15) is 0 Å². The number of hydrogen-bond donors (Lipinski definition) is 1. The van der Waals surface area contributed by atoms with Crippen LogP contribution >= 0.6 is 11.8 Å². The highest BCUT2D eigenvalue weighted by atomic mass is 32.2. The number of fused-ring (bicyclic) bond motifs is 3. The summed E-state index contributed by atoms with van der Waals surface area (Å²) < 4.78 is 0. The Bertz CT molecular complexity index is 1070. The van der Waals surface area contributed by atoms with E-state index in [0.29, 0.717) is 10.8 Å². The highest BCUT2D eigenvalue weighted by molar-refractivity contribution is 8.00. The number of nitrogens with zero attached hydrogens (tertiary/aromatic N) is 3. The van der Waals surface area contributed by atoms with Gasteiger partial charge in [-0.15, -0.1) is 10.2 Å². The average Bonchev–Trinajstić information content (AvgIpc) is 2.97. The molecule has 124 valence electrons. The maximum Gasteiger partial charge on any atom is 0.212 e. The molecule has 25 heavy (non-hydrogen) atoms. The van der Waals surface area contributed by atoms with Gasteiger partial charge >= 0.3 is 0 Å². The maximum atomic E-state index is 12.1. The Morgan fingerprint density at radius 1 is 1.12 bits per heavy atom. The first-order valence-electron chi connectivity index (χ1n) is 7.96. The Balaban J connectivity index is 1.74. The van der Waals surface area contributed by atoms with Crippen molar-refractivity contribution >= 4 is 39.6 Å². The Morgan fingerprint density at radius 2 is 1.92 bits per heavy atom. The minimum absolute atomic E-state index is 0.0622. The van der Waals surface area contributed by atoms with Crippen LogP contribution in [-0.4, -0.2) is 25.9 Å². The van der Waals surface area contributed by atoms with Crippen LogP contribution in [0, 0.1) is 6.92 Å². The van der Waals surface area contributed by atoms with E-state index in [1.165, 1.54) is 11.8 Å². The molecule has 5 nitrogen and oxygen atoms in total. The number of aryl methyl sites for hydroxylation is 1. The lowest BCUT2D eigenvalue weighted by Gasteiger charge is -2.12. The van der Waals surface area contributed by atoms with Gasteiger partial charge in [-0.3, -0.25) is 4.79 Å². The van der Waals surface area contributed by atoms with E-state index in [-0.39, 0.29) is 11.0 Å². The second-order valence-electron chi connectivity index (χ2n) is 5.98. The number of carbonyl (C=O) groups excluding carboxylic acids is 1. The summed E-state index contributed by atoms with van der Waals surface area (Å²) in [5.41, 5.74) is 4.52. The normalized spacial score (nSPS) is 12.6. The van der Waals surface area contributed by atoms with E-state index < -0.39 is 0 Å². The first kappa shape index (κ1) is 15.8. The van der Waals surface area contributed by atoms with Crippen LogP contribution in [0.1, 0.15) is 23.3 Å². The first-order valence-corrected chi connectivity index (χ1v) is 8.84. The summed E-state index contributed by atoms with van der Waals surface area (Å²) >= 11 is 1.32. The van der Waals surface area contributed by atoms with Crippen LogP contribution in [0.25, 0.3) is 22.1 Å². The third-order valence-electron chi connectivity index (χ3n) is 4.05. The lowest BCUT2D eigenvalue weighted by atomic mass is 10.1. The Kier molecular flexibility index (Phi) is 3.97. The summed E-state index contributed by atoms with van der Waals surface area (Å²) in [5, 5.41) is 9.73. The number of carbonyl (C=O) groups is 1. The van der Waals surface area contributed by atoms with Gasteiger partial charge in [-0.05, 0) is 31.5 Å². The quantitative estimate of drug-likeness (QED) is 0.559. The standard InChI is InChI=1S/C19H16N4OS/c1-11-8-9-15-14(10-11)16-18(20-15)21-19(23-22-16)25-17(12(2)24)13-6-4-3-5-7-13/h3-10,17H,1-2H3,(H,20,21,23). The highest BCUT2D eigenvalue weighted by Gasteiger charge is 2.20. The zero-order valence-electron chi connectivity index (χ0n) is 13.9. The molecule has 4 aromatic rings. The molecule has 1 atom stereocenters. The summed E-state index contributed by atoms with van der Waals surface area (Å²) in [6, 6.07) is 15.8. The van der Waals surface area contributed by atoms with E-state index in [0.717, 1.165) is 27.5 Å². The van der Waals surface area contributed by atoms with Crippen molar-refractivity contribution in [2.24, 2.45) is 0 Å². The Labute approximate surface area is 148 Å². The van der Waals surface area contributed by atoms with Crippen molar-refractivity contribution in [3.8, 4) is 0 Å². The van der Waals surface area contributed by atoms with E-state index in [1.54, 1.807) is 6.92 Å². The van der Waals surface area contributed by atoms with Crippen molar-refractivity contribution in [2.45, 2.75) is 24.3 Å². The van der Waals surface area contributed by atoms with Gasteiger partial charge in [-0.1, -0.05) is 53.7 Å². The molecule has 2 heterocycles. The van der Waals surface area contributed by atoms with E-state index in [2.05, 4.69) is 26.2 Å². The van der Waals surface area contributed by atoms with Crippen LogP contribution in [0.5, 0.6) is 0 Å². The lowest BCUT2D eigenvalue weighted by Crippen LogP contribution is -2.06. The van der Waals surface area contributed by atoms with Gasteiger partial charge in [0.05, 0.1) is 5.25 Å². The predicted molar refractivity (Wildman–Crippen MR) is 99.6 cm³/mol. The molecule has 4 rings (SSSR count). The van der Waals surface area contributed by atoms with Crippen LogP contribution in [0.2, 0.25) is 0 Å². The van der Waals surface area contributed by atoms with Gasteiger partial charge in [0.15, 0.2) is 5.65 Å². The molecule has 2 aromatic carbocycles. The molecular formula is C19H16N4OS. The van der Waals surface area contributed by atoms with E-state index in [9.17, 15) is 4.79 Å². The molecule has 2 aromatic heterocycles. The molecule has 0 radical (unpaired) electrons. The number of thioether (sulfide) groups is 1. The van der Waals surface area contributed by atoms with E-state index in [4.69, 9.17) is 0 Å². The number of hydrogen-bond acceptors (Lipinski definition) is 5. The largest absolute Gasteiger partial charge is 0.338 e. The number of ketones is 1. The first-order chi connectivity index (χ1) is 12.1. The van der Waals surface area contributed by atoms with Crippen molar-refractivity contribution in [3.05, 3.63) is 59.7 Å². The Morgan fingerprint density at radius 3 is 2.68 bits per heavy atom. The number of Topliss-reactive ketones (excluding diaryl/α,β-unsaturated/α-hetero) is 1. The van der Waals surface area contributed by atoms with Crippen molar-refractivity contribution < 1.29 is 4.79 Å². The number of nitrogens with one attached hydrogen (secondary N) is 1. The Hall–Kier alpha value is -2.73. The van der Waals surface area contributed by atoms with E-state index in [1.807, 2.05) is 49.4 Å². The molecule has 0 aliphatic rings. The summed E-state index contributed by atoms with van der Waals surface area (Å²) in [4.78, 5) is 19.9. The van der Waals surface area contributed by atoms with Gasteiger partial charge in [0, 0.05) is 10.9 Å². The molecule has 6 heteroatoms. The fourth-order valence-electron chi connectivity index (χ4n) is 2.84.